The normalized spacial score (nSPS) is 10.9. The monoisotopic (exact) mass is 228 g/mol. The lowest BCUT2D eigenvalue weighted by Gasteiger charge is -2.08. The maximum atomic E-state index is 8.84. The number of unbranched alkanes of at least 4 members (excludes halogenated alkanes) is 5. The summed E-state index contributed by atoms with van der Waals surface area (Å²) in [5, 5.41) is 34.5. The van der Waals surface area contributed by atoms with E-state index >= 15 is 0 Å². The second-order valence-corrected chi connectivity index (χ2v) is 3.94. The quantitative estimate of drug-likeness (QED) is 0.596. The van der Waals surface area contributed by atoms with Crippen molar-refractivity contribution in [3.05, 3.63) is 0 Å². The minimum atomic E-state index is -0.807. The number of rotatable bonds is 8. The summed E-state index contributed by atoms with van der Waals surface area (Å²) in [5.74, 6) is -1.28. The molecule has 0 amide bonds. The minimum absolute atomic E-state index is 0.468. The van der Waals surface area contributed by atoms with Gasteiger partial charge in [0, 0.05) is 6.42 Å². The third kappa shape index (κ3) is 6.94. The van der Waals surface area contributed by atoms with Crippen molar-refractivity contribution in [2.45, 2.75) is 44.9 Å². The van der Waals surface area contributed by atoms with Crippen LogP contribution in [0.2, 0.25) is 0 Å². The minimum Gasteiger partial charge on any atom is -0.198 e. The molecule has 1 unspecified atom stereocenters. The highest BCUT2D eigenvalue weighted by Gasteiger charge is 2.19. The van der Waals surface area contributed by atoms with Crippen molar-refractivity contribution in [3.63, 3.8) is 0 Å². The molecule has 0 aliphatic rings. The van der Waals surface area contributed by atoms with E-state index in [-0.39, 0.29) is 0 Å². The van der Waals surface area contributed by atoms with Crippen LogP contribution in [0.15, 0.2) is 0 Å². The number of hydrogen-bond acceptors (Lipinski definition) is 4. The third-order valence-corrected chi connectivity index (χ3v) is 2.65. The van der Waals surface area contributed by atoms with Gasteiger partial charge in [0.2, 0.25) is 0 Å². The van der Waals surface area contributed by atoms with Gasteiger partial charge < -0.3 is 0 Å². The van der Waals surface area contributed by atoms with E-state index in [1.807, 2.05) is 18.2 Å². The molecule has 17 heavy (non-hydrogen) atoms. The zero-order valence-electron chi connectivity index (χ0n) is 9.89. The number of nitrogens with zero attached hydrogens (tertiary/aromatic N) is 4. The van der Waals surface area contributed by atoms with Crippen molar-refractivity contribution >= 4 is 0 Å². The van der Waals surface area contributed by atoms with Crippen LogP contribution in [-0.4, -0.2) is 0 Å². The van der Waals surface area contributed by atoms with Gasteiger partial charge >= 0.3 is 0 Å². The molecule has 0 aromatic heterocycles. The van der Waals surface area contributed by atoms with Gasteiger partial charge in [-0.2, -0.15) is 21.0 Å². The van der Waals surface area contributed by atoms with E-state index in [9.17, 15) is 0 Å². The fourth-order valence-electron chi connectivity index (χ4n) is 1.61. The standard InChI is InChI=1S/C13H16N4/c14-8-6-4-2-1-3-5-7-12(9-15)13(10-16)11-17/h12-13H,1-7H2. The average molecular weight is 228 g/mol. The highest BCUT2D eigenvalue weighted by molar-refractivity contribution is 5.08. The van der Waals surface area contributed by atoms with Crippen LogP contribution in [0.3, 0.4) is 0 Å². The first-order chi connectivity index (χ1) is 8.29. The summed E-state index contributed by atoms with van der Waals surface area (Å²) < 4.78 is 0. The molecule has 0 aliphatic carbocycles. The lowest BCUT2D eigenvalue weighted by atomic mass is 9.91. The van der Waals surface area contributed by atoms with Crippen molar-refractivity contribution in [2.24, 2.45) is 11.8 Å². The predicted molar refractivity (Wildman–Crippen MR) is 61.8 cm³/mol. The van der Waals surface area contributed by atoms with Crippen molar-refractivity contribution in [2.75, 3.05) is 0 Å². The lowest BCUT2D eigenvalue weighted by Crippen LogP contribution is -2.09. The fraction of sp³-hybridized carbons (Fsp3) is 0.692. The van der Waals surface area contributed by atoms with Gasteiger partial charge in [-0.15, -0.1) is 0 Å². The van der Waals surface area contributed by atoms with Gasteiger partial charge in [0.25, 0.3) is 0 Å². The summed E-state index contributed by atoms with van der Waals surface area (Å²) in [4.78, 5) is 0. The Hall–Kier alpha value is -2.04. The first-order valence-corrected chi connectivity index (χ1v) is 5.86. The molecule has 88 valence electrons. The summed E-state index contributed by atoms with van der Waals surface area (Å²) in [7, 11) is 0. The fourth-order valence-corrected chi connectivity index (χ4v) is 1.61. The highest BCUT2D eigenvalue weighted by atomic mass is 14.4. The molecule has 0 aromatic rings. The Balaban J connectivity index is 3.67. The van der Waals surface area contributed by atoms with Gasteiger partial charge in [-0.25, -0.2) is 0 Å². The van der Waals surface area contributed by atoms with Crippen molar-refractivity contribution in [3.8, 4) is 24.3 Å². The van der Waals surface area contributed by atoms with E-state index in [0.29, 0.717) is 12.8 Å². The zero-order valence-corrected chi connectivity index (χ0v) is 9.89. The van der Waals surface area contributed by atoms with Gasteiger partial charge in [0.1, 0.15) is 5.92 Å². The Kier molecular flexibility index (Phi) is 9.22. The van der Waals surface area contributed by atoms with E-state index < -0.39 is 11.8 Å². The van der Waals surface area contributed by atoms with Crippen LogP contribution in [0.5, 0.6) is 0 Å². The Morgan fingerprint density at radius 1 is 0.706 bits per heavy atom. The van der Waals surface area contributed by atoms with E-state index in [4.69, 9.17) is 21.0 Å². The molecule has 0 aliphatic heterocycles. The van der Waals surface area contributed by atoms with Crippen LogP contribution in [0.4, 0.5) is 0 Å². The Morgan fingerprint density at radius 2 is 1.29 bits per heavy atom. The number of nitriles is 4. The maximum Gasteiger partial charge on any atom is 0.149 e. The molecule has 0 spiro atoms. The van der Waals surface area contributed by atoms with E-state index in [0.717, 1.165) is 32.1 Å². The second kappa shape index (κ2) is 10.5. The van der Waals surface area contributed by atoms with Crippen LogP contribution in [0.1, 0.15) is 44.9 Å². The second-order valence-electron chi connectivity index (χ2n) is 3.94. The summed E-state index contributed by atoms with van der Waals surface area (Å²) in [5.41, 5.74) is 0. The average Bonchev–Trinajstić information content (AvgIpc) is 2.36. The molecule has 0 aromatic carbocycles. The molecule has 0 fully saturated rings. The molecule has 4 nitrogen and oxygen atoms in total. The van der Waals surface area contributed by atoms with Crippen LogP contribution in [0, 0.1) is 57.2 Å². The molecule has 0 bridgehead atoms. The van der Waals surface area contributed by atoms with E-state index in [1.165, 1.54) is 0 Å². The smallest absolute Gasteiger partial charge is 0.149 e. The summed E-state index contributed by atoms with van der Waals surface area (Å²) in [6.45, 7) is 0. The molecular weight excluding hydrogens is 212 g/mol. The molecule has 0 saturated heterocycles. The van der Waals surface area contributed by atoms with Gasteiger partial charge in [-0.05, 0) is 12.8 Å². The first-order valence-electron chi connectivity index (χ1n) is 5.86. The molecule has 1 atom stereocenters. The van der Waals surface area contributed by atoms with Gasteiger partial charge in [0.15, 0.2) is 0 Å². The highest BCUT2D eigenvalue weighted by Crippen LogP contribution is 2.18. The topological polar surface area (TPSA) is 95.2 Å². The van der Waals surface area contributed by atoms with Crippen LogP contribution >= 0.6 is 0 Å². The lowest BCUT2D eigenvalue weighted by molar-refractivity contribution is 0.492. The van der Waals surface area contributed by atoms with Crippen LogP contribution < -0.4 is 0 Å². The van der Waals surface area contributed by atoms with Gasteiger partial charge in [-0.1, -0.05) is 25.7 Å². The first kappa shape index (κ1) is 15.0. The molecule has 0 N–H and O–H groups in total. The zero-order chi connectivity index (χ0) is 12.9. The Morgan fingerprint density at radius 3 is 1.82 bits per heavy atom. The largest absolute Gasteiger partial charge is 0.198 e. The third-order valence-electron chi connectivity index (χ3n) is 2.65. The Bertz CT molecular complexity index is 347. The molecule has 0 saturated carbocycles. The van der Waals surface area contributed by atoms with Crippen molar-refractivity contribution in [1.29, 1.82) is 21.0 Å². The summed E-state index contributed by atoms with van der Waals surface area (Å²) >= 11 is 0. The summed E-state index contributed by atoms with van der Waals surface area (Å²) in [6.07, 6.45) is 6.08. The van der Waals surface area contributed by atoms with Crippen molar-refractivity contribution in [1.82, 2.24) is 0 Å². The van der Waals surface area contributed by atoms with Crippen molar-refractivity contribution < 1.29 is 0 Å². The van der Waals surface area contributed by atoms with E-state index in [2.05, 4.69) is 6.07 Å². The SMILES string of the molecule is N#CCCCCCCCC(C#N)C(C#N)C#N. The predicted octanol–water partition coefficient (Wildman–Crippen LogP) is 3.04. The Labute approximate surface area is 103 Å². The van der Waals surface area contributed by atoms with Gasteiger partial charge in [-0.3, -0.25) is 0 Å². The maximum absolute atomic E-state index is 8.84. The van der Waals surface area contributed by atoms with Crippen LogP contribution in [-0.2, 0) is 0 Å². The summed E-state index contributed by atoms with van der Waals surface area (Å²) in [6, 6.07) is 7.83. The number of hydrogen-bond donors (Lipinski definition) is 0. The molecule has 0 radical (unpaired) electrons. The van der Waals surface area contributed by atoms with Crippen LogP contribution in [0.25, 0.3) is 0 Å². The molecule has 0 rings (SSSR count). The molecule has 0 heterocycles. The molecule has 4 heteroatoms. The molecular formula is C13H16N4. The van der Waals surface area contributed by atoms with E-state index in [1.54, 1.807) is 0 Å². The van der Waals surface area contributed by atoms with Gasteiger partial charge in [0.05, 0.1) is 30.2 Å².